The molecule has 0 fully saturated rings. The molecule has 112 valence electrons. The van der Waals surface area contributed by atoms with Crippen LogP contribution in [0.3, 0.4) is 0 Å². The lowest BCUT2D eigenvalue weighted by atomic mass is 10.1. The van der Waals surface area contributed by atoms with Crippen molar-refractivity contribution in [2.75, 3.05) is 5.32 Å². The van der Waals surface area contributed by atoms with Gasteiger partial charge in [0.1, 0.15) is 11.5 Å². The van der Waals surface area contributed by atoms with E-state index < -0.39 is 11.9 Å². The molecule has 6 heteroatoms. The zero-order valence-electron chi connectivity index (χ0n) is 11.5. The second-order valence-corrected chi connectivity index (χ2v) is 4.80. The zero-order chi connectivity index (χ0) is 15.6. The average molecular weight is 298 g/mol. The number of rotatable bonds is 3. The van der Waals surface area contributed by atoms with E-state index in [1.54, 1.807) is 26.0 Å². The molecule has 2 nitrogen and oxygen atoms in total. The molecule has 2 aromatic rings. The van der Waals surface area contributed by atoms with E-state index in [4.69, 9.17) is 0 Å². The summed E-state index contributed by atoms with van der Waals surface area (Å²) in [6.45, 7) is 3.46. The van der Waals surface area contributed by atoms with E-state index in [1.807, 2.05) is 0 Å². The van der Waals surface area contributed by atoms with Crippen LogP contribution in [0.25, 0.3) is 0 Å². The first-order valence-electron chi connectivity index (χ1n) is 6.33. The van der Waals surface area contributed by atoms with E-state index in [-0.39, 0.29) is 11.9 Å². The first-order chi connectivity index (χ1) is 9.77. The molecule has 2 rings (SSSR count). The third kappa shape index (κ3) is 3.71. The number of anilines is 1. The summed E-state index contributed by atoms with van der Waals surface area (Å²) < 4.78 is 50.7. The predicted molar refractivity (Wildman–Crippen MR) is 72.4 cm³/mol. The standard InChI is InChI=1S/C15H14F4N2/c1-9-3-4-11(7-13(9)16)10(2)21-12-5-6-14(20-8-12)15(17,18)19/h3-8,10,21H,1-2H3. The number of halogens is 4. The topological polar surface area (TPSA) is 24.9 Å². The summed E-state index contributed by atoms with van der Waals surface area (Å²) in [4.78, 5) is 3.37. The molecule has 0 aliphatic carbocycles. The quantitative estimate of drug-likeness (QED) is 0.829. The highest BCUT2D eigenvalue weighted by molar-refractivity contribution is 5.44. The summed E-state index contributed by atoms with van der Waals surface area (Å²) >= 11 is 0. The molecule has 0 bridgehead atoms. The van der Waals surface area contributed by atoms with Gasteiger partial charge in [-0.2, -0.15) is 13.2 Å². The second kappa shape index (κ2) is 5.71. The van der Waals surface area contributed by atoms with Gasteiger partial charge in [0.15, 0.2) is 0 Å². The molecular weight excluding hydrogens is 284 g/mol. The van der Waals surface area contributed by atoms with Gasteiger partial charge in [-0.15, -0.1) is 0 Å². The number of nitrogens with zero attached hydrogens (tertiary/aromatic N) is 1. The highest BCUT2D eigenvalue weighted by Crippen LogP contribution is 2.28. The largest absolute Gasteiger partial charge is 0.433 e. The van der Waals surface area contributed by atoms with Crippen molar-refractivity contribution in [1.29, 1.82) is 0 Å². The maximum Gasteiger partial charge on any atom is 0.433 e. The summed E-state index contributed by atoms with van der Waals surface area (Å²) in [6.07, 6.45) is -3.34. The van der Waals surface area contributed by atoms with E-state index in [0.717, 1.165) is 12.3 Å². The molecule has 0 saturated heterocycles. The van der Waals surface area contributed by atoms with Gasteiger partial charge in [0.2, 0.25) is 0 Å². The number of benzene rings is 1. The van der Waals surface area contributed by atoms with Crippen LogP contribution in [0, 0.1) is 12.7 Å². The molecule has 0 spiro atoms. The van der Waals surface area contributed by atoms with E-state index in [1.165, 1.54) is 12.1 Å². The third-order valence-electron chi connectivity index (χ3n) is 3.13. The predicted octanol–water partition coefficient (Wildman–Crippen LogP) is 4.72. The van der Waals surface area contributed by atoms with E-state index >= 15 is 0 Å². The molecule has 0 aliphatic heterocycles. The SMILES string of the molecule is Cc1ccc(C(C)Nc2ccc(C(F)(F)F)nc2)cc1F. The van der Waals surface area contributed by atoms with Gasteiger partial charge in [-0.1, -0.05) is 12.1 Å². The molecule has 1 unspecified atom stereocenters. The Morgan fingerprint density at radius 2 is 1.86 bits per heavy atom. The Hall–Kier alpha value is -2.11. The van der Waals surface area contributed by atoms with Gasteiger partial charge < -0.3 is 5.32 Å². The van der Waals surface area contributed by atoms with Crippen LogP contribution in [0.2, 0.25) is 0 Å². The maximum atomic E-state index is 13.5. The smallest absolute Gasteiger partial charge is 0.377 e. The molecule has 0 amide bonds. The number of nitrogens with one attached hydrogen (secondary N) is 1. The average Bonchev–Trinajstić information content (AvgIpc) is 2.41. The number of alkyl halides is 3. The van der Waals surface area contributed by atoms with Crippen molar-refractivity contribution in [1.82, 2.24) is 4.98 Å². The minimum absolute atomic E-state index is 0.251. The fourth-order valence-electron chi connectivity index (χ4n) is 1.86. The van der Waals surface area contributed by atoms with Crippen LogP contribution in [0.5, 0.6) is 0 Å². The van der Waals surface area contributed by atoms with E-state index in [0.29, 0.717) is 16.8 Å². The molecule has 0 aliphatic rings. The summed E-state index contributed by atoms with van der Waals surface area (Å²) in [7, 11) is 0. The number of pyridine rings is 1. The van der Waals surface area contributed by atoms with Gasteiger partial charge in [-0.25, -0.2) is 9.37 Å². The molecule has 21 heavy (non-hydrogen) atoms. The lowest BCUT2D eigenvalue weighted by molar-refractivity contribution is -0.141. The van der Waals surface area contributed by atoms with Crippen molar-refractivity contribution in [3.63, 3.8) is 0 Å². The Labute approximate surface area is 119 Å². The minimum atomic E-state index is -4.45. The van der Waals surface area contributed by atoms with Crippen LogP contribution in [0.4, 0.5) is 23.2 Å². The molecule has 1 atom stereocenters. The van der Waals surface area contributed by atoms with E-state index in [9.17, 15) is 17.6 Å². The van der Waals surface area contributed by atoms with Crippen molar-refractivity contribution in [3.8, 4) is 0 Å². The Morgan fingerprint density at radius 3 is 2.38 bits per heavy atom. The van der Waals surface area contributed by atoms with Crippen LogP contribution in [0.1, 0.15) is 29.8 Å². The zero-order valence-corrected chi connectivity index (χ0v) is 11.5. The van der Waals surface area contributed by atoms with Gasteiger partial charge in [-0.05, 0) is 43.2 Å². The Kier molecular flexibility index (Phi) is 4.16. The van der Waals surface area contributed by atoms with Crippen molar-refractivity contribution < 1.29 is 17.6 Å². The van der Waals surface area contributed by atoms with Crippen LogP contribution in [-0.2, 0) is 6.18 Å². The number of aromatic nitrogens is 1. The summed E-state index contributed by atoms with van der Waals surface area (Å²) in [5, 5.41) is 2.99. The molecule has 1 N–H and O–H groups in total. The van der Waals surface area contributed by atoms with Gasteiger partial charge in [-0.3, -0.25) is 0 Å². The molecule has 0 radical (unpaired) electrons. The van der Waals surface area contributed by atoms with Gasteiger partial charge >= 0.3 is 6.18 Å². The molecular formula is C15H14F4N2. The Balaban J connectivity index is 2.12. The van der Waals surface area contributed by atoms with Crippen molar-refractivity contribution in [2.45, 2.75) is 26.1 Å². The fourth-order valence-corrected chi connectivity index (χ4v) is 1.86. The van der Waals surface area contributed by atoms with Gasteiger partial charge in [0.25, 0.3) is 0 Å². The number of hydrogen-bond acceptors (Lipinski definition) is 2. The van der Waals surface area contributed by atoms with Gasteiger partial charge in [0.05, 0.1) is 11.9 Å². The van der Waals surface area contributed by atoms with Crippen LogP contribution in [-0.4, -0.2) is 4.98 Å². The van der Waals surface area contributed by atoms with Gasteiger partial charge in [0, 0.05) is 6.04 Å². The number of hydrogen-bond donors (Lipinski definition) is 1. The van der Waals surface area contributed by atoms with Crippen molar-refractivity contribution >= 4 is 5.69 Å². The second-order valence-electron chi connectivity index (χ2n) is 4.80. The number of aryl methyl sites for hydroxylation is 1. The normalized spacial score (nSPS) is 13.0. The van der Waals surface area contributed by atoms with E-state index in [2.05, 4.69) is 10.3 Å². The fraction of sp³-hybridized carbons (Fsp3) is 0.267. The summed E-state index contributed by atoms with van der Waals surface area (Å²) in [5.74, 6) is -0.313. The van der Waals surface area contributed by atoms with Crippen molar-refractivity contribution in [3.05, 3.63) is 59.2 Å². The lowest BCUT2D eigenvalue weighted by Crippen LogP contribution is -2.10. The highest BCUT2D eigenvalue weighted by Gasteiger charge is 2.32. The Bertz CT molecular complexity index is 621. The van der Waals surface area contributed by atoms with Crippen molar-refractivity contribution in [2.24, 2.45) is 0 Å². The summed E-state index contributed by atoms with van der Waals surface area (Å²) in [5.41, 5.74) is 0.749. The third-order valence-corrected chi connectivity index (χ3v) is 3.13. The first-order valence-corrected chi connectivity index (χ1v) is 6.33. The van der Waals surface area contributed by atoms with Crippen LogP contribution < -0.4 is 5.32 Å². The highest BCUT2D eigenvalue weighted by atomic mass is 19.4. The van der Waals surface area contributed by atoms with Crippen LogP contribution in [0.15, 0.2) is 36.5 Å². The lowest BCUT2D eigenvalue weighted by Gasteiger charge is -2.16. The summed E-state index contributed by atoms with van der Waals surface area (Å²) in [6, 6.07) is 6.80. The molecule has 1 aromatic carbocycles. The molecule has 1 aromatic heterocycles. The Morgan fingerprint density at radius 1 is 1.14 bits per heavy atom. The van der Waals surface area contributed by atoms with Crippen LogP contribution >= 0.6 is 0 Å². The maximum absolute atomic E-state index is 13.5. The monoisotopic (exact) mass is 298 g/mol. The minimum Gasteiger partial charge on any atom is -0.377 e. The molecule has 1 heterocycles. The molecule has 0 saturated carbocycles. The first kappa shape index (κ1) is 15.3.